The highest BCUT2D eigenvalue weighted by Gasteiger charge is 2.22. The first kappa shape index (κ1) is 15.8. The van der Waals surface area contributed by atoms with Gasteiger partial charge in [0.25, 0.3) is 5.91 Å². The fraction of sp³-hybridized carbons (Fsp3) is 0.389. The zero-order valence-corrected chi connectivity index (χ0v) is 14.0. The van der Waals surface area contributed by atoms with Crippen LogP contribution in [0.4, 0.5) is 11.4 Å². The Morgan fingerprint density at radius 2 is 2.00 bits per heavy atom. The first-order valence-electron chi connectivity index (χ1n) is 8.71. The second-order valence-corrected chi connectivity index (χ2v) is 6.46. The molecule has 4 rings (SSSR count). The molecule has 0 aliphatic carbocycles. The third-order valence-corrected chi connectivity index (χ3v) is 4.78. The molecule has 1 saturated heterocycles. The molecule has 7 nitrogen and oxygen atoms in total. The monoisotopic (exact) mass is 339 g/mol. The Morgan fingerprint density at radius 1 is 1.16 bits per heavy atom. The average Bonchev–Trinajstić information content (AvgIpc) is 3.07. The van der Waals surface area contributed by atoms with E-state index in [2.05, 4.69) is 20.8 Å². The number of amides is 2. The van der Waals surface area contributed by atoms with Crippen LogP contribution in [0.25, 0.3) is 0 Å². The predicted molar refractivity (Wildman–Crippen MR) is 94.6 cm³/mol. The third kappa shape index (κ3) is 3.15. The van der Waals surface area contributed by atoms with Gasteiger partial charge >= 0.3 is 0 Å². The van der Waals surface area contributed by atoms with Gasteiger partial charge in [0.05, 0.1) is 5.69 Å². The van der Waals surface area contributed by atoms with E-state index in [4.69, 9.17) is 0 Å². The van der Waals surface area contributed by atoms with Crippen LogP contribution >= 0.6 is 0 Å². The van der Waals surface area contributed by atoms with Crippen LogP contribution in [0.2, 0.25) is 0 Å². The van der Waals surface area contributed by atoms with E-state index in [0.29, 0.717) is 24.3 Å². The Bertz CT molecular complexity index is 796. The van der Waals surface area contributed by atoms with Crippen molar-refractivity contribution in [1.82, 2.24) is 15.5 Å². The Kier molecular flexibility index (Phi) is 4.23. The minimum atomic E-state index is -0.207. The van der Waals surface area contributed by atoms with Gasteiger partial charge < -0.3 is 15.5 Å². The van der Waals surface area contributed by atoms with Crippen molar-refractivity contribution in [1.29, 1.82) is 0 Å². The van der Waals surface area contributed by atoms with E-state index < -0.39 is 0 Å². The summed E-state index contributed by atoms with van der Waals surface area (Å²) >= 11 is 0. The fourth-order valence-corrected chi connectivity index (χ4v) is 3.43. The van der Waals surface area contributed by atoms with E-state index in [0.717, 1.165) is 49.3 Å². The summed E-state index contributed by atoms with van der Waals surface area (Å²) in [7, 11) is 0. The molecule has 1 aromatic carbocycles. The summed E-state index contributed by atoms with van der Waals surface area (Å²) in [6, 6.07) is 7.41. The van der Waals surface area contributed by atoms with Crippen LogP contribution in [0, 0.1) is 0 Å². The lowest BCUT2D eigenvalue weighted by molar-refractivity contribution is -0.119. The van der Waals surface area contributed by atoms with Crippen LogP contribution in [0.1, 0.15) is 41.0 Å². The maximum atomic E-state index is 12.5. The van der Waals surface area contributed by atoms with E-state index in [9.17, 15) is 9.59 Å². The number of rotatable bonds is 3. The molecular formula is C18H21N5O2. The lowest BCUT2D eigenvalue weighted by Crippen LogP contribution is -2.35. The Hall–Kier alpha value is -2.67. The fourth-order valence-electron chi connectivity index (χ4n) is 3.43. The molecule has 2 aliphatic rings. The second-order valence-electron chi connectivity index (χ2n) is 6.46. The summed E-state index contributed by atoms with van der Waals surface area (Å²) in [5, 5.41) is 13.2. The van der Waals surface area contributed by atoms with Gasteiger partial charge in [-0.2, -0.15) is 5.10 Å². The molecule has 0 saturated carbocycles. The SMILES string of the molecule is O=C(Nc1ccc(N2CCCCC2=O)cc1)c1n[nH]c2c1CCNC2. The van der Waals surface area contributed by atoms with E-state index in [1.54, 1.807) is 0 Å². The molecule has 130 valence electrons. The number of hydrogen-bond acceptors (Lipinski definition) is 4. The van der Waals surface area contributed by atoms with Gasteiger partial charge in [-0.1, -0.05) is 0 Å². The molecule has 0 unspecified atom stereocenters. The van der Waals surface area contributed by atoms with Gasteiger partial charge in [0.2, 0.25) is 5.91 Å². The highest BCUT2D eigenvalue weighted by Crippen LogP contribution is 2.23. The summed E-state index contributed by atoms with van der Waals surface area (Å²) in [5.74, 6) is -0.0407. The minimum Gasteiger partial charge on any atom is -0.321 e. The summed E-state index contributed by atoms with van der Waals surface area (Å²) in [6.07, 6.45) is 3.40. The van der Waals surface area contributed by atoms with Crippen molar-refractivity contribution < 1.29 is 9.59 Å². The highest BCUT2D eigenvalue weighted by atomic mass is 16.2. The summed E-state index contributed by atoms with van der Waals surface area (Å²) in [6.45, 7) is 2.33. The van der Waals surface area contributed by atoms with Crippen molar-refractivity contribution in [3.63, 3.8) is 0 Å². The van der Waals surface area contributed by atoms with Crippen molar-refractivity contribution in [3.8, 4) is 0 Å². The van der Waals surface area contributed by atoms with Gasteiger partial charge in [-0.25, -0.2) is 0 Å². The third-order valence-electron chi connectivity index (χ3n) is 4.78. The molecule has 3 heterocycles. The largest absolute Gasteiger partial charge is 0.321 e. The van der Waals surface area contributed by atoms with E-state index >= 15 is 0 Å². The number of H-pyrrole nitrogens is 1. The number of aromatic nitrogens is 2. The molecular weight excluding hydrogens is 318 g/mol. The number of nitrogens with one attached hydrogen (secondary N) is 3. The van der Waals surface area contributed by atoms with Crippen LogP contribution in [-0.4, -0.2) is 35.1 Å². The molecule has 3 N–H and O–H groups in total. The molecule has 0 radical (unpaired) electrons. The molecule has 25 heavy (non-hydrogen) atoms. The normalized spacial score (nSPS) is 17.3. The lowest BCUT2D eigenvalue weighted by atomic mass is 10.1. The van der Waals surface area contributed by atoms with Crippen molar-refractivity contribution in [2.75, 3.05) is 23.3 Å². The number of piperidine rings is 1. The molecule has 7 heteroatoms. The lowest BCUT2D eigenvalue weighted by Gasteiger charge is -2.26. The Morgan fingerprint density at radius 3 is 2.80 bits per heavy atom. The van der Waals surface area contributed by atoms with Crippen LogP contribution in [0.15, 0.2) is 24.3 Å². The molecule has 2 aromatic rings. The van der Waals surface area contributed by atoms with Crippen LogP contribution < -0.4 is 15.5 Å². The van der Waals surface area contributed by atoms with Crippen molar-refractivity contribution in [2.45, 2.75) is 32.2 Å². The van der Waals surface area contributed by atoms with Gasteiger partial charge in [0, 0.05) is 36.4 Å². The Balaban J connectivity index is 1.47. The molecule has 1 aromatic heterocycles. The maximum absolute atomic E-state index is 12.5. The standard InChI is InChI=1S/C18H21N5O2/c24-16-3-1-2-10-23(16)13-6-4-12(5-7-13)20-18(25)17-14-8-9-19-11-15(14)21-22-17/h4-7,19H,1-3,8-11H2,(H,20,25)(H,21,22). The number of nitrogens with zero attached hydrogens (tertiary/aromatic N) is 2. The van der Waals surface area contributed by atoms with Crippen molar-refractivity contribution in [3.05, 3.63) is 41.2 Å². The number of hydrogen-bond donors (Lipinski definition) is 3. The topological polar surface area (TPSA) is 90.1 Å². The number of fused-ring (bicyclic) bond motifs is 1. The second kappa shape index (κ2) is 6.68. The Labute approximate surface area is 145 Å². The number of carbonyl (C=O) groups excluding carboxylic acids is 2. The molecule has 2 amide bonds. The van der Waals surface area contributed by atoms with Crippen LogP contribution in [0.3, 0.4) is 0 Å². The molecule has 1 fully saturated rings. The van der Waals surface area contributed by atoms with E-state index in [-0.39, 0.29) is 11.8 Å². The molecule has 0 atom stereocenters. The summed E-state index contributed by atoms with van der Waals surface area (Å²) in [4.78, 5) is 26.3. The van der Waals surface area contributed by atoms with Crippen LogP contribution in [-0.2, 0) is 17.8 Å². The number of aromatic amines is 1. The van der Waals surface area contributed by atoms with E-state index in [1.807, 2.05) is 29.2 Å². The van der Waals surface area contributed by atoms with Gasteiger partial charge in [0.15, 0.2) is 5.69 Å². The smallest absolute Gasteiger partial charge is 0.276 e. The quantitative estimate of drug-likeness (QED) is 0.796. The zero-order chi connectivity index (χ0) is 17.2. The molecule has 0 bridgehead atoms. The number of benzene rings is 1. The summed E-state index contributed by atoms with van der Waals surface area (Å²) in [5.41, 5.74) is 4.02. The first-order valence-corrected chi connectivity index (χ1v) is 8.71. The average molecular weight is 339 g/mol. The first-order chi connectivity index (χ1) is 12.2. The van der Waals surface area contributed by atoms with Crippen molar-refractivity contribution in [2.24, 2.45) is 0 Å². The van der Waals surface area contributed by atoms with Gasteiger partial charge in [-0.05, 0) is 50.1 Å². The maximum Gasteiger partial charge on any atom is 0.276 e. The van der Waals surface area contributed by atoms with Crippen molar-refractivity contribution >= 4 is 23.2 Å². The summed E-state index contributed by atoms with van der Waals surface area (Å²) < 4.78 is 0. The van der Waals surface area contributed by atoms with Gasteiger partial charge in [-0.3, -0.25) is 14.7 Å². The highest BCUT2D eigenvalue weighted by molar-refractivity contribution is 6.04. The van der Waals surface area contributed by atoms with Crippen LogP contribution in [0.5, 0.6) is 0 Å². The molecule has 2 aliphatic heterocycles. The minimum absolute atomic E-state index is 0.166. The number of anilines is 2. The van der Waals surface area contributed by atoms with Gasteiger partial charge in [0.1, 0.15) is 0 Å². The number of carbonyl (C=O) groups is 2. The predicted octanol–water partition coefficient (Wildman–Crippen LogP) is 1.82. The van der Waals surface area contributed by atoms with E-state index in [1.165, 1.54) is 0 Å². The van der Waals surface area contributed by atoms with Gasteiger partial charge in [-0.15, -0.1) is 0 Å². The molecule has 0 spiro atoms. The zero-order valence-electron chi connectivity index (χ0n) is 14.0.